The van der Waals surface area contributed by atoms with E-state index < -0.39 is 0 Å². The summed E-state index contributed by atoms with van der Waals surface area (Å²) in [4.78, 5) is 0. The first-order chi connectivity index (χ1) is 6.19. The van der Waals surface area contributed by atoms with E-state index in [4.69, 9.17) is 0 Å². The first-order valence-corrected chi connectivity index (χ1v) is 4.98. The number of hydrogen-bond donors (Lipinski definition) is 1. The van der Waals surface area contributed by atoms with Crippen molar-refractivity contribution in [2.75, 3.05) is 0 Å². The molecule has 1 N–H and O–H groups in total. The molecule has 1 nitrogen and oxygen atoms in total. The lowest BCUT2D eigenvalue weighted by molar-refractivity contribution is 0.199. The van der Waals surface area contributed by atoms with Crippen molar-refractivity contribution in [3.8, 4) is 0 Å². The van der Waals surface area contributed by atoms with Crippen LogP contribution in [0.1, 0.15) is 43.6 Å². The van der Waals surface area contributed by atoms with Crippen LogP contribution in [-0.2, 0) is 12.8 Å². The first kappa shape index (κ1) is 10.3. The molecule has 0 aromatic heterocycles. The topological polar surface area (TPSA) is 20.2 Å². The van der Waals surface area contributed by atoms with Gasteiger partial charge in [0.15, 0.2) is 0 Å². The van der Waals surface area contributed by atoms with Crippen LogP contribution < -0.4 is 0 Å². The Hall–Kier alpha value is -0.820. The summed E-state index contributed by atoms with van der Waals surface area (Å²) >= 11 is 0. The number of rotatable bonds is 3. The highest BCUT2D eigenvalue weighted by atomic mass is 16.3. The molecule has 1 atom stereocenters. The summed E-state index contributed by atoms with van der Waals surface area (Å²) in [5.41, 5.74) is 3.78. The number of aryl methyl sites for hydroxylation is 2. The molecule has 1 unspecified atom stereocenters. The fourth-order valence-electron chi connectivity index (χ4n) is 1.58. The minimum absolute atomic E-state index is 0.351. The van der Waals surface area contributed by atoms with E-state index in [0.717, 1.165) is 18.4 Å². The minimum Gasteiger partial charge on any atom is -0.389 e. The second kappa shape index (κ2) is 4.43. The molecule has 0 aliphatic heterocycles. The zero-order chi connectivity index (χ0) is 9.84. The molecule has 13 heavy (non-hydrogen) atoms. The molecule has 0 saturated heterocycles. The Morgan fingerprint density at radius 2 is 1.77 bits per heavy atom. The predicted molar refractivity (Wildman–Crippen MR) is 55.8 cm³/mol. The van der Waals surface area contributed by atoms with Crippen LogP contribution in [0.5, 0.6) is 0 Å². The highest BCUT2D eigenvalue weighted by Crippen LogP contribution is 2.18. The molecule has 0 aliphatic rings. The van der Waals surface area contributed by atoms with Crippen molar-refractivity contribution < 1.29 is 5.11 Å². The van der Waals surface area contributed by atoms with Gasteiger partial charge in [-0.15, -0.1) is 0 Å². The summed E-state index contributed by atoms with van der Waals surface area (Å²) < 4.78 is 0. The van der Waals surface area contributed by atoms with Crippen LogP contribution in [0.2, 0.25) is 0 Å². The normalized spacial score (nSPS) is 12.9. The van der Waals surface area contributed by atoms with Crippen LogP contribution in [0.4, 0.5) is 0 Å². The van der Waals surface area contributed by atoms with Crippen molar-refractivity contribution in [1.82, 2.24) is 0 Å². The van der Waals surface area contributed by atoms with Gasteiger partial charge in [-0.05, 0) is 36.5 Å². The standard InChI is InChI=1S/C12H18O/c1-4-10-6-7-12(9(3)13)8-11(10)5-2/h6-9,13H,4-5H2,1-3H3. The van der Waals surface area contributed by atoms with Gasteiger partial charge in [0.2, 0.25) is 0 Å². The number of aliphatic hydroxyl groups excluding tert-OH is 1. The first-order valence-electron chi connectivity index (χ1n) is 4.98. The summed E-state index contributed by atoms with van der Waals surface area (Å²) in [7, 11) is 0. The fraction of sp³-hybridized carbons (Fsp3) is 0.500. The van der Waals surface area contributed by atoms with Gasteiger partial charge in [0.05, 0.1) is 6.10 Å². The van der Waals surface area contributed by atoms with Gasteiger partial charge in [0, 0.05) is 0 Å². The molecule has 0 aliphatic carbocycles. The van der Waals surface area contributed by atoms with E-state index in [1.54, 1.807) is 6.92 Å². The molecular weight excluding hydrogens is 160 g/mol. The van der Waals surface area contributed by atoms with E-state index in [9.17, 15) is 5.11 Å². The average Bonchev–Trinajstić information content (AvgIpc) is 2.16. The maximum absolute atomic E-state index is 9.41. The van der Waals surface area contributed by atoms with Crippen molar-refractivity contribution >= 4 is 0 Å². The van der Waals surface area contributed by atoms with Gasteiger partial charge in [-0.1, -0.05) is 32.0 Å². The quantitative estimate of drug-likeness (QED) is 0.754. The van der Waals surface area contributed by atoms with E-state index in [-0.39, 0.29) is 6.10 Å². The zero-order valence-corrected chi connectivity index (χ0v) is 8.67. The summed E-state index contributed by atoms with van der Waals surface area (Å²) in [6, 6.07) is 6.26. The lowest BCUT2D eigenvalue weighted by Crippen LogP contribution is -1.96. The Kier molecular flexibility index (Phi) is 3.49. The Balaban J connectivity index is 3.05. The van der Waals surface area contributed by atoms with Crippen LogP contribution in [0.15, 0.2) is 18.2 Å². The maximum atomic E-state index is 9.41. The lowest BCUT2D eigenvalue weighted by Gasteiger charge is -2.10. The monoisotopic (exact) mass is 178 g/mol. The summed E-state index contributed by atoms with van der Waals surface area (Å²) in [6.45, 7) is 6.12. The van der Waals surface area contributed by atoms with Crippen LogP contribution in [-0.4, -0.2) is 5.11 Å². The van der Waals surface area contributed by atoms with Crippen molar-refractivity contribution in [3.05, 3.63) is 34.9 Å². The van der Waals surface area contributed by atoms with Crippen molar-refractivity contribution in [1.29, 1.82) is 0 Å². The Morgan fingerprint density at radius 1 is 1.15 bits per heavy atom. The van der Waals surface area contributed by atoms with Crippen molar-refractivity contribution in [2.24, 2.45) is 0 Å². The van der Waals surface area contributed by atoms with E-state index in [2.05, 4.69) is 26.0 Å². The summed E-state index contributed by atoms with van der Waals surface area (Å²) in [5, 5.41) is 9.41. The van der Waals surface area contributed by atoms with Crippen molar-refractivity contribution in [3.63, 3.8) is 0 Å². The second-order valence-corrected chi connectivity index (χ2v) is 3.41. The van der Waals surface area contributed by atoms with Crippen LogP contribution in [0.3, 0.4) is 0 Å². The smallest absolute Gasteiger partial charge is 0.0762 e. The third kappa shape index (κ3) is 2.31. The predicted octanol–water partition coefficient (Wildman–Crippen LogP) is 2.86. The van der Waals surface area contributed by atoms with E-state index >= 15 is 0 Å². The highest BCUT2D eigenvalue weighted by molar-refractivity contribution is 5.33. The number of hydrogen-bond acceptors (Lipinski definition) is 1. The molecule has 0 fully saturated rings. The Labute approximate surface area is 80.4 Å². The molecule has 0 radical (unpaired) electrons. The SMILES string of the molecule is CCc1ccc(C(C)O)cc1CC. The van der Waals surface area contributed by atoms with Gasteiger partial charge in [-0.3, -0.25) is 0 Å². The van der Waals surface area contributed by atoms with Gasteiger partial charge >= 0.3 is 0 Å². The molecule has 0 amide bonds. The maximum Gasteiger partial charge on any atom is 0.0762 e. The molecule has 0 bridgehead atoms. The summed E-state index contributed by atoms with van der Waals surface area (Å²) in [6.07, 6.45) is 1.77. The molecular formula is C12H18O. The number of aliphatic hydroxyl groups is 1. The Bertz CT molecular complexity index is 276. The molecule has 1 heteroatoms. The Morgan fingerprint density at radius 3 is 2.23 bits per heavy atom. The molecule has 0 heterocycles. The molecule has 1 aromatic carbocycles. The van der Waals surface area contributed by atoms with E-state index in [0.29, 0.717) is 0 Å². The van der Waals surface area contributed by atoms with Crippen LogP contribution >= 0.6 is 0 Å². The number of benzene rings is 1. The summed E-state index contributed by atoms with van der Waals surface area (Å²) in [5.74, 6) is 0. The average molecular weight is 178 g/mol. The fourth-order valence-corrected chi connectivity index (χ4v) is 1.58. The molecule has 1 rings (SSSR count). The second-order valence-electron chi connectivity index (χ2n) is 3.41. The lowest BCUT2D eigenvalue weighted by atomic mass is 9.98. The molecule has 72 valence electrons. The van der Waals surface area contributed by atoms with Crippen molar-refractivity contribution in [2.45, 2.75) is 39.7 Å². The third-order valence-corrected chi connectivity index (χ3v) is 2.47. The van der Waals surface area contributed by atoms with Gasteiger partial charge in [-0.2, -0.15) is 0 Å². The largest absolute Gasteiger partial charge is 0.389 e. The van der Waals surface area contributed by atoms with Gasteiger partial charge in [0.25, 0.3) is 0 Å². The van der Waals surface area contributed by atoms with Crippen LogP contribution in [0.25, 0.3) is 0 Å². The van der Waals surface area contributed by atoms with E-state index in [1.807, 2.05) is 6.07 Å². The van der Waals surface area contributed by atoms with Gasteiger partial charge < -0.3 is 5.11 Å². The minimum atomic E-state index is -0.351. The zero-order valence-electron chi connectivity index (χ0n) is 8.67. The highest BCUT2D eigenvalue weighted by Gasteiger charge is 2.04. The molecule has 0 saturated carbocycles. The molecule has 1 aromatic rings. The van der Waals surface area contributed by atoms with Crippen LogP contribution in [0, 0.1) is 0 Å². The van der Waals surface area contributed by atoms with E-state index in [1.165, 1.54) is 11.1 Å². The van der Waals surface area contributed by atoms with Gasteiger partial charge in [0.1, 0.15) is 0 Å². The molecule has 0 spiro atoms. The third-order valence-electron chi connectivity index (χ3n) is 2.47. The van der Waals surface area contributed by atoms with Gasteiger partial charge in [-0.25, -0.2) is 0 Å².